The Morgan fingerprint density at radius 3 is 2.35 bits per heavy atom. The third kappa shape index (κ3) is 4.57. The van der Waals surface area contributed by atoms with Crippen LogP contribution in [0.3, 0.4) is 0 Å². The maximum Gasteiger partial charge on any atom is 0.239 e. The van der Waals surface area contributed by atoms with Crippen LogP contribution in [0.25, 0.3) is 0 Å². The quantitative estimate of drug-likeness (QED) is 0.848. The van der Waals surface area contributed by atoms with E-state index in [0.29, 0.717) is 12.0 Å². The molecule has 1 atom stereocenters. The zero-order valence-electron chi connectivity index (χ0n) is 13.6. The van der Waals surface area contributed by atoms with Gasteiger partial charge < -0.3 is 10.6 Å². The van der Waals surface area contributed by atoms with Crippen molar-refractivity contribution < 1.29 is 9.59 Å². The molecule has 2 aliphatic carbocycles. The third-order valence-electron chi connectivity index (χ3n) is 4.93. The summed E-state index contributed by atoms with van der Waals surface area (Å²) in [5, 5.41) is 5.89. The lowest BCUT2D eigenvalue weighted by molar-refractivity contribution is -0.127. The fraction of sp³-hybridized carbons (Fsp3) is 0.579. The minimum atomic E-state index is -0.112. The molecule has 0 aromatic heterocycles. The van der Waals surface area contributed by atoms with Crippen LogP contribution in [0, 0.1) is 5.92 Å². The van der Waals surface area contributed by atoms with Gasteiger partial charge in [-0.3, -0.25) is 9.59 Å². The Balaban J connectivity index is 1.50. The first-order valence-electron chi connectivity index (χ1n) is 8.86. The zero-order valence-corrected chi connectivity index (χ0v) is 13.6. The van der Waals surface area contributed by atoms with Crippen molar-refractivity contribution in [2.45, 2.75) is 56.9 Å². The number of rotatable bonds is 6. The summed E-state index contributed by atoms with van der Waals surface area (Å²) in [4.78, 5) is 24.6. The molecular weight excluding hydrogens is 288 g/mol. The van der Waals surface area contributed by atoms with Gasteiger partial charge in [0, 0.05) is 6.04 Å². The van der Waals surface area contributed by atoms with Gasteiger partial charge in [0.15, 0.2) is 0 Å². The van der Waals surface area contributed by atoms with Crippen LogP contribution in [0.2, 0.25) is 0 Å². The second kappa shape index (κ2) is 7.62. The summed E-state index contributed by atoms with van der Waals surface area (Å²) >= 11 is 0. The summed E-state index contributed by atoms with van der Waals surface area (Å²) in [5.41, 5.74) is 1.06. The minimum Gasteiger partial charge on any atom is -0.352 e. The van der Waals surface area contributed by atoms with E-state index in [4.69, 9.17) is 0 Å². The molecule has 4 heteroatoms. The first-order chi connectivity index (χ1) is 11.2. The number of hydrogen-bond acceptors (Lipinski definition) is 2. The number of carbonyl (C=O) groups is 2. The van der Waals surface area contributed by atoms with Gasteiger partial charge in [0.1, 0.15) is 0 Å². The van der Waals surface area contributed by atoms with Crippen LogP contribution in [-0.2, 0) is 9.59 Å². The standard InChI is InChI=1S/C19H26N2O2/c22-17(21-16-9-5-2-6-10-16)13-20-19(23)18(15-11-12-15)14-7-3-1-4-8-14/h1,3-4,7-8,15-16,18H,2,5-6,9-13H2,(H,20,23)(H,21,22). The number of nitrogens with one attached hydrogen (secondary N) is 2. The van der Waals surface area contributed by atoms with E-state index in [1.165, 1.54) is 19.3 Å². The molecule has 0 aliphatic heterocycles. The van der Waals surface area contributed by atoms with Gasteiger partial charge in [0.25, 0.3) is 0 Å². The Hall–Kier alpha value is -1.84. The molecule has 0 spiro atoms. The van der Waals surface area contributed by atoms with E-state index < -0.39 is 0 Å². The summed E-state index contributed by atoms with van der Waals surface area (Å²) in [6, 6.07) is 10.2. The van der Waals surface area contributed by atoms with Gasteiger partial charge in [0.2, 0.25) is 11.8 Å². The summed E-state index contributed by atoms with van der Waals surface area (Å²) in [6.07, 6.45) is 7.97. The molecule has 2 amide bonds. The summed E-state index contributed by atoms with van der Waals surface area (Å²) in [5.74, 6) is 0.239. The molecule has 2 fully saturated rings. The maximum atomic E-state index is 12.5. The van der Waals surface area contributed by atoms with Gasteiger partial charge in [0.05, 0.1) is 12.5 Å². The Morgan fingerprint density at radius 2 is 1.70 bits per heavy atom. The monoisotopic (exact) mass is 314 g/mol. The Kier molecular flexibility index (Phi) is 5.31. The first-order valence-corrected chi connectivity index (χ1v) is 8.86. The highest BCUT2D eigenvalue weighted by molar-refractivity contribution is 5.89. The predicted octanol–water partition coefficient (Wildman–Crippen LogP) is 2.75. The van der Waals surface area contributed by atoms with Crippen LogP contribution in [-0.4, -0.2) is 24.4 Å². The van der Waals surface area contributed by atoms with E-state index in [-0.39, 0.29) is 24.3 Å². The molecule has 2 N–H and O–H groups in total. The third-order valence-corrected chi connectivity index (χ3v) is 4.93. The van der Waals surface area contributed by atoms with E-state index in [9.17, 15) is 9.59 Å². The molecule has 2 aliphatic rings. The van der Waals surface area contributed by atoms with Crippen LogP contribution < -0.4 is 10.6 Å². The van der Waals surface area contributed by atoms with Crippen molar-refractivity contribution in [3.63, 3.8) is 0 Å². The first kappa shape index (κ1) is 16.0. The molecular formula is C19H26N2O2. The van der Waals surface area contributed by atoms with E-state index in [2.05, 4.69) is 10.6 Å². The van der Waals surface area contributed by atoms with E-state index in [1.54, 1.807) is 0 Å². The van der Waals surface area contributed by atoms with Crippen molar-refractivity contribution in [1.29, 1.82) is 0 Å². The van der Waals surface area contributed by atoms with Crippen molar-refractivity contribution in [2.75, 3.05) is 6.54 Å². The molecule has 1 aromatic rings. The minimum absolute atomic E-state index is 0.0162. The van der Waals surface area contributed by atoms with Crippen molar-refractivity contribution in [2.24, 2.45) is 5.92 Å². The summed E-state index contributed by atoms with van der Waals surface area (Å²) in [7, 11) is 0. The Labute approximate surface area is 138 Å². The van der Waals surface area contributed by atoms with Gasteiger partial charge in [-0.2, -0.15) is 0 Å². The molecule has 124 valence electrons. The highest BCUT2D eigenvalue weighted by Gasteiger charge is 2.37. The predicted molar refractivity (Wildman–Crippen MR) is 89.9 cm³/mol. The molecule has 4 nitrogen and oxygen atoms in total. The van der Waals surface area contributed by atoms with Crippen LogP contribution in [0.15, 0.2) is 30.3 Å². The van der Waals surface area contributed by atoms with Crippen LogP contribution in [0.4, 0.5) is 0 Å². The fourth-order valence-electron chi connectivity index (χ4n) is 3.53. The van der Waals surface area contributed by atoms with Gasteiger partial charge in [-0.1, -0.05) is 49.6 Å². The fourth-order valence-corrected chi connectivity index (χ4v) is 3.53. The van der Waals surface area contributed by atoms with Gasteiger partial charge >= 0.3 is 0 Å². The lowest BCUT2D eigenvalue weighted by atomic mass is 9.93. The molecule has 0 heterocycles. The number of hydrogen-bond donors (Lipinski definition) is 2. The number of carbonyl (C=O) groups excluding carboxylic acids is 2. The molecule has 1 aromatic carbocycles. The highest BCUT2D eigenvalue weighted by Crippen LogP contribution is 2.42. The Bertz CT molecular complexity index is 534. The van der Waals surface area contributed by atoms with Crippen LogP contribution in [0.5, 0.6) is 0 Å². The van der Waals surface area contributed by atoms with Gasteiger partial charge in [-0.15, -0.1) is 0 Å². The number of amides is 2. The molecule has 1 unspecified atom stereocenters. The highest BCUT2D eigenvalue weighted by atomic mass is 16.2. The van der Waals surface area contributed by atoms with E-state index >= 15 is 0 Å². The maximum absolute atomic E-state index is 12.5. The topological polar surface area (TPSA) is 58.2 Å². The normalized spacial score (nSPS) is 19.8. The SMILES string of the molecule is O=C(CNC(=O)C(c1ccccc1)C1CC1)NC1CCCCC1. The average molecular weight is 314 g/mol. The van der Waals surface area contributed by atoms with Crippen molar-refractivity contribution in [3.8, 4) is 0 Å². The van der Waals surface area contributed by atoms with Crippen molar-refractivity contribution >= 4 is 11.8 Å². The van der Waals surface area contributed by atoms with Crippen LogP contribution >= 0.6 is 0 Å². The van der Waals surface area contributed by atoms with E-state index in [0.717, 1.165) is 31.2 Å². The smallest absolute Gasteiger partial charge is 0.239 e. The lowest BCUT2D eigenvalue weighted by Gasteiger charge is -2.23. The van der Waals surface area contributed by atoms with Crippen molar-refractivity contribution in [3.05, 3.63) is 35.9 Å². The molecule has 0 saturated heterocycles. The second-order valence-electron chi connectivity index (χ2n) is 6.85. The van der Waals surface area contributed by atoms with Crippen LogP contribution in [0.1, 0.15) is 56.4 Å². The number of benzene rings is 1. The van der Waals surface area contributed by atoms with Crippen molar-refractivity contribution in [1.82, 2.24) is 10.6 Å². The van der Waals surface area contributed by atoms with Gasteiger partial charge in [-0.25, -0.2) is 0 Å². The molecule has 0 radical (unpaired) electrons. The largest absolute Gasteiger partial charge is 0.352 e. The lowest BCUT2D eigenvalue weighted by Crippen LogP contribution is -2.43. The molecule has 3 rings (SSSR count). The summed E-state index contributed by atoms with van der Waals surface area (Å²) < 4.78 is 0. The molecule has 0 bridgehead atoms. The average Bonchev–Trinajstić information content (AvgIpc) is 3.40. The summed E-state index contributed by atoms with van der Waals surface area (Å²) in [6.45, 7) is 0.0887. The molecule has 2 saturated carbocycles. The zero-order chi connectivity index (χ0) is 16.1. The Morgan fingerprint density at radius 1 is 1.00 bits per heavy atom. The molecule has 23 heavy (non-hydrogen) atoms. The second-order valence-corrected chi connectivity index (χ2v) is 6.85. The van der Waals surface area contributed by atoms with E-state index in [1.807, 2.05) is 30.3 Å². The van der Waals surface area contributed by atoms with Gasteiger partial charge in [-0.05, 0) is 37.2 Å².